The van der Waals surface area contributed by atoms with Crippen LogP contribution in [0.3, 0.4) is 0 Å². The summed E-state index contributed by atoms with van der Waals surface area (Å²) in [4.78, 5) is 9.76. The number of nitriles is 1. The molecule has 0 amide bonds. The topological polar surface area (TPSA) is 61.1 Å². The van der Waals surface area contributed by atoms with Crippen LogP contribution in [-0.2, 0) is 4.79 Å². The zero-order chi connectivity index (χ0) is 10.1. The molecule has 0 unspecified atom stereocenters. The monoisotopic (exact) mass is 183 g/mol. The smallest absolute Gasteiger partial charge is 0.379 e. The molecule has 0 aliphatic heterocycles. The van der Waals surface area contributed by atoms with Crippen molar-refractivity contribution in [1.29, 1.82) is 5.26 Å². The van der Waals surface area contributed by atoms with Gasteiger partial charge in [0.05, 0.1) is 5.92 Å². The SMILES string of the molecule is C#N.FC(F)F.O=C(O)C1CC1. The molecule has 1 rings (SSSR count). The number of aliphatic carboxylic acids is 1. The van der Waals surface area contributed by atoms with Crippen LogP contribution < -0.4 is 0 Å². The van der Waals surface area contributed by atoms with Crippen LogP contribution in [-0.4, -0.2) is 17.8 Å². The van der Waals surface area contributed by atoms with Crippen LogP contribution in [0.2, 0.25) is 0 Å². The number of alkyl halides is 3. The van der Waals surface area contributed by atoms with Crippen molar-refractivity contribution in [2.24, 2.45) is 5.92 Å². The van der Waals surface area contributed by atoms with Gasteiger partial charge in [-0.1, -0.05) is 0 Å². The Hall–Kier alpha value is -1.25. The van der Waals surface area contributed by atoms with Gasteiger partial charge in [-0.05, 0) is 12.8 Å². The molecule has 70 valence electrons. The Balaban J connectivity index is 0. The number of carboxylic acid groups (broad SMARTS) is 1. The summed E-state index contributed by atoms with van der Waals surface area (Å²) in [5, 5.41) is 14.6. The molecule has 1 saturated carbocycles. The first-order valence-electron chi connectivity index (χ1n) is 2.95. The normalized spacial score (nSPS) is 13.5. The second kappa shape index (κ2) is 7.85. The van der Waals surface area contributed by atoms with Gasteiger partial charge in [0.25, 0.3) is 0 Å². The van der Waals surface area contributed by atoms with E-state index in [1.807, 2.05) is 0 Å². The maximum absolute atomic E-state index is 9.76. The number of nitrogens with zero attached hydrogens (tertiary/aromatic N) is 1. The highest BCUT2D eigenvalue weighted by Gasteiger charge is 2.28. The van der Waals surface area contributed by atoms with Gasteiger partial charge in [0.15, 0.2) is 0 Å². The molecule has 0 heterocycles. The third kappa shape index (κ3) is 15.9. The maximum Gasteiger partial charge on any atom is 0.379 e. The molecule has 12 heavy (non-hydrogen) atoms. The summed E-state index contributed by atoms with van der Waals surface area (Å²) < 4.78 is 29.0. The van der Waals surface area contributed by atoms with Gasteiger partial charge in [-0.15, -0.1) is 0 Å². The second-order valence-corrected chi connectivity index (χ2v) is 1.86. The molecule has 0 aromatic carbocycles. The van der Waals surface area contributed by atoms with Crippen LogP contribution in [0.4, 0.5) is 13.2 Å². The molecule has 6 heteroatoms. The number of halogens is 3. The van der Waals surface area contributed by atoms with Crippen molar-refractivity contribution < 1.29 is 23.1 Å². The summed E-state index contributed by atoms with van der Waals surface area (Å²) in [7, 11) is 0. The molecule has 1 fully saturated rings. The van der Waals surface area contributed by atoms with E-state index in [-0.39, 0.29) is 5.92 Å². The summed E-state index contributed by atoms with van der Waals surface area (Å²) in [5.41, 5.74) is 0. The Morgan fingerprint density at radius 2 is 1.67 bits per heavy atom. The van der Waals surface area contributed by atoms with E-state index in [1.54, 1.807) is 0 Å². The lowest BCUT2D eigenvalue weighted by Gasteiger charge is -1.75. The maximum atomic E-state index is 9.76. The van der Waals surface area contributed by atoms with Crippen molar-refractivity contribution in [2.75, 3.05) is 0 Å². The van der Waals surface area contributed by atoms with E-state index in [4.69, 9.17) is 10.4 Å². The highest BCUT2D eigenvalue weighted by atomic mass is 19.4. The molecule has 0 atom stereocenters. The third-order valence-corrected chi connectivity index (χ3v) is 0.927. The molecule has 0 radical (unpaired) electrons. The lowest BCUT2D eigenvalue weighted by molar-refractivity contribution is -0.138. The van der Waals surface area contributed by atoms with Crippen LogP contribution in [0.25, 0.3) is 0 Å². The van der Waals surface area contributed by atoms with E-state index >= 15 is 0 Å². The lowest BCUT2D eigenvalue weighted by Crippen LogP contribution is -1.94. The summed E-state index contributed by atoms with van der Waals surface area (Å²) >= 11 is 0. The summed E-state index contributed by atoms with van der Waals surface area (Å²) in [6.45, 7) is -0.167. The van der Waals surface area contributed by atoms with E-state index in [1.165, 1.54) is 0 Å². The van der Waals surface area contributed by atoms with Crippen LogP contribution in [0, 0.1) is 17.8 Å². The van der Waals surface area contributed by atoms with Gasteiger partial charge in [0.2, 0.25) is 0 Å². The van der Waals surface area contributed by atoms with E-state index in [9.17, 15) is 18.0 Å². The van der Waals surface area contributed by atoms with Crippen LogP contribution >= 0.6 is 0 Å². The molecule has 3 nitrogen and oxygen atoms in total. The molecular formula is C6H8F3NO2. The fourth-order valence-corrected chi connectivity index (χ4v) is 0.330. The van der Waals surface area contributed by atoms with Crippen molar-refractivity contribution in [3.8, 4) is 6.57 Å². The zero-order valence-corrected chi connectivity index (χ0v) is 6.08. The van der Waals surface area contributed by atoms with Gasteiger partial charge in [-0.2, -0.15) is 13.2 Å². The average molecular weight is 183 g/mol. The summed E-state index contributed by atoms with van der Waals surface area (Å²) in [6.07, 6.45) is 1.80. The molecule has 0 aromatic heterocycles. The molecule has 1 aliphatic rings. The first-order valence-corrected chi connectivity index (χ1v) is 2.95. The first kappa shape index (κ1) is 13.3. The van der Waals surface area contributed by atoms with Gasteiger partial charge in [0, 0.05) is 6.57 Å². The summed E-state index contributed by atoms with van der Waals surface area (Å²) in [6, 6.07) is 0. The van der Waals surface area contributed by atoms with E-state index in [0.29, 0.717) is 0 Å². The highest BCUT2D eigenvalue weighted by molar-refractivity contribution is 5.72. The number of hydrogen-bond acceptors (Lipinski definition) is 2. The van der Waals surface area contributed by atoms with E-state index < -0.39 is 12.6 Å². The largest absolute Gasteiger partial charge is 0.481 e. The Kier molecular flexibility index (Phi) is 8.73. The first-order chi connectivity index (χ1) is 5.54. The molecule has 0 saturated heterocycles. The molecule has 0 bridgehead atoms. The predicted molar refractivity (Wildman–Crippen MR) is 34.1 cm³/mol. The van der Waals surface area contributed by atoms with Crippen molar-refractivity contribution >= 4 is 5.97 Å². The predicted octanol–water partition coefficient (Wildman–Crippen LogP) is 1.80. The van der Waals surface area contributed by atoms with Crippen LogP contribution in [0.5, 0.6) is 0 Å². The van der Waals surface area contributed by atoms with Gasteiger partial charge in [-0.25, -0.2) is 5.26 Å². The van der Waals surface area contributed by atoms with Gasteiger partial charge in [0.1, 0.15) is 0 Å². The van der Waals surface area contributed by atoms with Crippen LogP contribution in [0.1, 0.15) is 12.8 Å². The minimum absolute atomic E-state index is 0.0185. The molecule has 1 aliphatic carbocycles. The Labute approximate surface area is 67.4 Å². The van der Waals surface area contributed by atoms with Crippen molar-refractivity contribution in [3.05, 3.63) is 0 Å². The second-order valence-electron chi connectivity index (χ2n) is 1.86. The fraction of sp³-hybridized carbons (Fsp3) is 0.667. The Morgan fingerprint density at radius 1 is 1.42 bits per heavy atom. The molecule has 0 spiro atoms. The number of carbonyl (C=O) groups is 1. The minimum Gasteiger partial charge on any atom is -0.481 e. The van der Waals surface area contributed by atoms with E-state index in [0.717, 1.165) is 12.8 Å². The van der Waals surface area contributed by atoms with Gasteiger partial charge < -0.3 is 5.11 Å². The zero-order valence-electron chi connectivity index (χ0n) is 6.08. The fourth-order valence-electron chi connectivity index (χ4n) is 0.330. The molecular weight excluding hydrogens is 175 g/mol. The third-order valence-electron chi connectivity index (χ3n) is 0.927. The highest BCUT2D eigenvalue weighted by Crippen LogP contribution is 2.28. The van der Waals surface area contributed by atoms with Crippen molar-refractivity contribution in [2.45, 2.75) is 19.5 Å². The minimum atomic E-state index is -3.67. The number of rotatable bonds is 1. The van der Waals surface area contributed by atoms with Gasteiger partial charge >= 0.3 is 12.6 Å². The van der Waals surface area contributed by atoms with Crippen molar-refractivity contribution in [3.63, 3.8) is 0 Å². The number of carboxylic acids is 1. The van der Waals surface area contributed by atoms with Crippen molar-refractivity contribution in [1.82, 2.24) is 0 Å². The number of hydrogen-bond donors (Lipinski definition) is 1. The van der Waals surface area contributed by atoms with E-state index in [2.05, 4.69) is 6.57 Å². The van der Waals surface area contributed by atoms with Gasteiger partial charge in [-0.3, -0.25) is 4.79 Å². The Morgan fingerprint density at radius 3 is 1.67 bits per heavy atom. The lowest BCUT2D eigenvalue weighted by atomic mass is 10.5. The molecule has 1 N–H and O–H groups in total. The summed E-state index contributed by atoms with van der Waals surface area (Å²) in [5.74, 6) is -0.611. The standard InChI is InChI=1S/C4H6O2.CHF3.CHN/c5-4(6)3-1-2-3;2-1(3)4;1-2/h3H,1-2H2,(H,5,6);1H;1H. The molecule has 0 aromatic rings. The quantitative estimate of drug-likeness (QED) is 0.674. The Bertz CT molecular complexity index is 142. The average Bonchev–Trinajstić information content (AvgIpc) is 2.71. The van der Waals surface area contributed by atoms with Crippen LogP contribution in [0.15, 0.2) is 0 Å².